The van der Waals surface area contributed by atoms with Gasteiger partial charge in [0, 0.05) is 43.8 Å². The number of carbonyl (C=O) groups is 1. The number of rotatable bonds is 5. The molecular formula is C18H19F2N7O2. The normalized spacial score (nSPS) is 15.1. The van der Waals surface area contributed by atoms with Crippen LogP contribution in [-0.4, -0.2) is 56.8 Å². The molecule has 3 heterocycles. The van der Waals surface area contributed by atoms with Crippen molar-refractivity contribution in [3.05, 3.63) is 36.0 Å². The molecule has 0 saturated carbocycles. The third-order valence-electron chi connectivity index (χ3n) is 4.85. The van der Waals surface area contributed by atoms with Crippen molar-refractivity contribution in [1.29, 1.82) is 0 Å². The topological polar surface area (TPSA) is 98.1 Å². The number of alkyl halides is 2. The van der Waals surface area contributed by atoms with Crippen LogP contribution < -0.4 is 15.0 Å². The number of benzene rings is 1. The maximum Gasteiger partial charge on any atom is 0.387 e. The van der Waals surface area contributed by atoms with Crippen molar-refractivity contribution in [3.63, 3.8) is 0 Å². The standard InChI is InChI=1S/C18H19F2N7O2/c1-26-18(23-24-25-26)27-6-4-13(5-7-27)22-16(28)12-8-11-2-3-14(29-17(19)20)9-15(11)21-10-12/h2-3,8-10,13,17H,4-7H2,1H3,(H,22,28). The number of hydrogen-bond acceptors (Lipinski definition) is 7. The highest BCUT2D eigenvalue weighted by Gasteiger charge is 2.24. The molecule has 1 aliphatic rings. The molecule has 29 heavy (non-hydrogen) atoms. The molecule has 1 amide bonds. The molecule has 9 nitrogen and oxygen atoms in total. The number of aryl methyl sites for hydroxylation is 1. The lowest BCUT2D eigenvalue weighted by atomic mass is 10.0. The van der Waals surface area contributed by atoms with Gasteiger partial charge in [-0.3, -0.25) is 9.78 Å². The zero-order chi connectivity index (χ0) is 20.4. The van der Waals surface area contributed by atoms with E-state index in [9.17, 15) is 13.6 Å². The number of tetrazole rings is 1. The molecule has 0 aliphatic carbocycles. The van der Waals surface area contributed by atoms with Crippen molar-refractivity contribution >= 4 is 22.8 Å². The van der Waals surface area contributed by atoms with Crippen LogP contribution in [0, 0.1) is 0 Å². The van der Waals surface area contributed by atoms with E-state index in [-0.39, 0.29) is 17.7 Å². The highest BCUT2D eigenvalue weighted by molar-refractivity contribution is 5.97. The predicted octanol–water partition coefficient (Wildman–Crippen LogP) is 1.76. The molecule has 152 valence electrons. The Morgan fingerprint density at radius 1 is 1.28 bits per heavy atom. The number of anilines is 1. The summed E-state index contributed by atoms with van der Waals surface area (Å²) < 4.78 is 30.7. The quantitative estimate of drug-likeness (QED) is 0.693. The number of nitrogens with one attached hydrogen (secondary N) is 1. The molecule has 0 spiro atoms. The highest BCUT2D eigenvalue weighted by atomic mass is 19.3. The molecule has 0 bridgehead atoms. The van der Waals surface area contributed by atoms with Crippen LogP contribution in [0.25, 0.3) is 10.9 Å². The van der Waals surface area contributed by atoms with Gasteiger partial charge in [-0.05, 0) is 41.5 Å². The fourth-order valence-electron chi connectivity index (χ4n) is 3.39. The van der Waals surface area contributed by atoms with Gasteiger partial charge in [0.15, 0.2) is 0 Å². The van der Waals surface area contributed by atoms with Gasteiger partial charge in [-0.25, -0.2) is 4.68 Å². The van der Waals surface area contributed by atoms with Crippen LogP contribution in [-0.2, 0) is 7.05 Å². The molecule has 2 aromatic heterocycles. The zero-order valence-corrected chi connectivity index (χ0v) is 15.6. The molecule has 1 aromatic carbocycles. The predicted molar refractivity (Wildman–Crippen MR) is 99.9 cm³/mol. The minimum atomic E-state index is -2.89. The molecule has 0 radical (unpaired) electrons. The Morgan fingerprint density at radius 3 is 2.76 bits per heavy atom. The van der Waals surface area contributed by atoms with Crippen molar-refractivity contribution in [2.24, 2.45) is 7.05 Å². The number of pyridine rings is 1. The summed E-state index contributed by atoms with van der Waals surface area (Å²) >= 11 is 0. The number of aromatic nitrogens is 5. The second-order valence-electron chi connectivity index (χ2n) is 6.79. The lowest BCUT2D eigenvalue weighted by Crippen LogP contribution is -2.45. The highest BCUT2D eigenvalue weighted by Crippen LogP contribution is 2.22. The fourth-order valence-corrected chi connectivity index (χ4v) is 3.39. The summed E-state index contributed by atoms with van der Waals surface area (Å²) in [6.07, 6.45) is 2.98. The van der Waals surface area contributed by atoms with Crippen LogP contribution in [0.2, 0.25) is 0 Å². The van der Waals surface area contributed by atoms with Crippen LogP contribution in [0.4, 0.5) is 14.7 Å². The Kier molecular flexibility index (Phi) is 5.19. The second kappa shape index (κ2) is 7.94. The first-order chi connectivity index (χ1) is 14.0. The van der Waals surface area contributed by atoms with Crippen LogP contribution in [0.1, 0.15) is 23.2 Å². The molecule has 11 heteroatoms. The van der Waals surface area contributed by atoms with Crippen LogP contribution in [0.15, 0.2) is 30.5 Å². The number of ether oxygens (including phenoxy) is 1. The van der Waals surface area contributed by atoms with E-state index < -0.39 is 6.61 Å². The first kappa shape index (κ1) is 19.0. The summed E-state index contributed by atoms with van der Waals surface area (Å²) in [5, 5.41) is 15.2. The monoisotopic (exact) mass is 403 g/mol. The molecule has 3 aromatic rings. The Bertz CT molecular complexity index is 1020. The van der Waals surface area contributed by atoms with Crippen molar-refractivity contribution in [3.8, 4) is 5.75 Å². The number of halogens is 2. The van der Waals surface area contributed by atoms with E-state index in [1.807, 2.05) is 0 Å². The zero-order valence-electron chi connectivity index (χ0n) is 15.6. The molecule has 1 aliphatic heterocycles. The van der Waals surface area contributed by atoms with Crippen molar-refractivity contribution in [1.82, 2.24) is 30.5 Å². The first-order valence-electron chi connectivity index (χ1n) is 9.12. The average molecular weight is 403 g/mol. The van der Waals surface area contributed by atoms with E-state index >= 15 is 0 Å². The molecule has 1 fully saturated rings. The minimum Gasteiger partial charge on any atom is -0.435 e. The Labute approximate surface area is 164 Å². The van der Waals surface area contributed by atoms with Gasteiger partial charge in [0.05, 0.1) is 11.1 Å². The van der Waals surface area contributed by atoms with E-state index in [0.717, 1.165) is 25.9 Å². The van der Waals surface area contributed by atoms with E-state index in [1.54, 1.807) is 23.9 Å². The minimum absolute atomic E-state index is 0.0297. The molecule has 0 atom stereocenters. The van der Waals surface area contributed by atoms with Gasteiger partial charge in [0.25, 0.3) is 5.91 Å². The maximum atomic E-state index is 12.6. The average Bonchev–Trinajstić information content (AvgIpc) is 3.13. The van der Waals surface area contributed by atoms with Crippen LogP contribution >= 0.6 is 0 Å². The third kappa shape index (κ3) is 4.23. The molecule has 1 saturated heterocycles. The van der Waals surface area contributed by atoms with Crippen LogP contribution in [0.3, 0.4) is 0 Å². The van der Waals surface area contributed by atoms with Gasteiger partial charge in [-0.1, -0.05) is 5.10 Å². The lowest BCUT2D eigenvalue weighted by molar-refractivity contribution is -0.0497. The summed E-state index contributed by atoms with van der Waals surface area (Å²) in [7, 11) is 1.79. The van der Waals surface area contributed by atoms with Crippen molar-refractivity contribution in [2.45, 2.75) is 25.5 Å². The van der Waals surface area contributed by atoms with Crippen LogP contribution in [0.5, 0.6) is 5.75 Å². The van der Waals surface area contributed by atoms with Crippen molar-refractivity contribution < 1.29 is 18.3 Å². The number of nitrogens with zero attached hydrogens (tertiary/aromatic N) is 6. The number of piperidine rings is 1. The van der Waals surface area contributed by atoms with Gasteiger partial charge in [0.2, 0.25) is 5.95 Å². The smallest absolute Gasteiger partial charge is 0.387 e. The lowest BCUT2D eigenvalue weighted by Gasteiger charge is -2.32. The summed E-state index contributed by atoms with van der Waals surface area (Å²) in [5.41, 5.74) is 0.894. The van der Waals surface area contributed by atoms with E-state index in [4.69, 9.17) is 0 Å². The largest absolute Gasteiger partial charge is 0.435 e. The van der Waals surface area contributed by atoms with E-state index in [2.05, 4.69) is 35.5 Å². The summed E-state index contributed by atoms with van der Waals surface area (Å²) in [6, 6.07) is 6.17. The van der Waals surface area contributed by atoms with Crippen molar-refractivity contribution in [2.75, 3.05) is 18.0 Å². The Morgan fingerprint density at radius 2 is 2.07 bits per heavy atom. The number of carbonyl (C=O) groups excluding carboxylic acids is 1. The third-order valence-corrected chi connectivity index (χ3v) is 4.85. The summed E-state index contributed by atoms with van der Waals surface area (Å²) in [6.45, 7) is -1.42. The summed E-state index contributed by atoms with van der Waals surface area (Å²) in [4.78, 5) is 18.9. The summed E-state index contributed by atoms with van der Waals surface area (Å²) in [5.74, 6) is 0.525. The number of fused-ring (bicyclic) bond motifs is 1. The van der Waals surface area contributed by atoms with E-state index in [1.165, 1.54) is 18.3 Å². The molecular weight excluding hydrogens is 384 g/mol. The number of amides is 1. The molecule has 1 N–H and O–H groups in total. The molecule has 0 unspecified atom stereocenters. The SMILES string of the molecule is Cn1nnnc1N1CCC(NC(=O)c2cnc3cc(OC(F)F)ccc3c2)CC1. The maximum absolute atomic E-state index is 12.6. The van der Waals surface area contributed by atoms with E-state index in [0.29, 0.717) is 22.4 Å². The van der Waals surface area contributed by atoms with Gasteiger partial charge in [0.1, 0.15) is 5.75 Å². The Hall–Kier alpha value is -3.37. The molecule has 4 rings (SSSR count). The van der Waals surface area contributed by atoms with Gasteiger partial charge < -0.3 is 15.0 Å². The second-order valence-corrected chi connectivity index (χ2v) is 6.79. The fraction of sp³-hybridized carbons (Fsp3) is 0.389. The van der Waals surface area contributed by atoms with Gasteiger partial charge >= 0.3 is 6.61 Å². The van der Waals surface area contributed by atoms with Gasteiger partial charge in [-0.15, -0.1) is 0 Å². The number of hydrogen-bond donors (Lipinski definition) is 1. The first-order valence-corrected chi connectivity index (χ1v) is 9.12. The Balaban J connectivity index is 1.38. The van der Waals surface area contributed by atoms with Gasteiger partial charge in [-0.2, -0.15) is 8.78 Å².